The van der Waals surface area contributed by atoms with Crippen molar-refractivity contribution in [3.05, 3.63) is 22.8 Å². The zero-order valence-corrected chi connectivity index (χ0v) is 13.8. The first-order chi connectivity index (χ1) is 10.1. The van der Waals surface area contributed by atoms with Crippen molar-refractivity contribution in [3.8, 4) is 0 Å². The van der Waals surface area contributed by atoms with E-state index in [4.69, 9.17) is 11.6 Å². The predicted molar refractivity (Wildman–Crippen MR) is 87.7 cm³/mol. The lowest BCUT2D eigenvalue weighted by Crippen LogP contribution is -2.35. The average Bonchev–Trinajstić information content (AvgIpc) is 2.45. The van der Waals surface area contributed by atoms with Crippen LogP contribution in [0, 0.1) is 0 Å². The Bertz CT molecular complexity index is 453. The van der Waals surface area contributed by atoms with Gasteiger partial charge in [0.1, 0.15) is 5.82 Å². The number of likely N-dealkylation sites (N-methyl/N-ethyl adjacent to an activating group) is 1. The molecule has 0 aliphatic heterocycles. The minimum absolute atomic E-state index is 0.0238. The molecule has 0 saturated carbocycles. The number of nitrogens with one attached hydrogen (secondary N) is 2. The number of amides is 1. The van der Waals surface area contributed by atoms with Gasteiger partial charge in [0.05, 0.1) is 17.3 Å². The SMILES string of the molecule is CCCNC(=O)CN(C)Cc1nc(NCCC)ccc1Cl. The molecule has 1 heterocycles. The maximum Gasteiger partial charge on any atom is 0.234 e. The van der Waals surface area contributed by atoms with E-state index >= 15 is 0 Å². The topological polar surface area (TPSA) is 57.3 Å². The number of anilines is 1. The number of carbonyl (C=O) groups excluding carboxylic acids is 1. The van der Waals surface area contributed by atoms with Crippen molar-refractivity contribution >= 4 is 23.3 Å². The minimum Gasteiger partial charge on any atom is -0.370 e. The van der Waals surface area contributed by atoms with E-state index in [1.807, 2.05) is 31.0 Å². The summed E-state index contributed by atoms with van der Waals surface area (Å²) in [6.07, 6.45) is 1.98. The third-order valence-corrected chi connectivity index (χ3v) is 3.22. The van der Waals surface area contributed by atoms with Gasteiger partial charge in [0.25, 0.3) is 0 Å². The molecule has 1 aromatic rings. The van der Waals surface area contributed by atoms with Crippen LogP contribution >= 0.6 is 11.6 Å². The second kappa shape index (κ2) is 9.58. The highest BCUT2D eigenvalue weighted by atomic mass is 35.5. The lowest BCUT2D eigenvalue weighted by molar-refractivity contribution is -0.122. The molecule has 0 atom stereocenters. The quantitative estimate of drug-likeness (QED) is 0.735. The molecular weight excluding hydrogens is 288 g/mol. The minimum atomic E-state index is 0.0238. The summed E-state index contributed by atoms with van der Waals surface area (Å²) in [7, 11) is 1.88. The fraction of sp³-hybridized carbons (Fsp3) is 0.600. The molecule has 5 nitrogen and oxygen atoms in total. The molecule has 0 aliphatic carbocycles. The molecular formula is C15H25ClN4O. The van der Waals surface area contributed by atoms with Crippen molar-refractivity contribution in [3.63, 3.8) is 0 Å². The molecule has 118 valence electrons. The molecule has 2 N–H and O–H groups in total. The second-order valence-corrected chi connectivity index (χ2v) is 5.48. The van der Waals surface area contributed by atoms with Gasteiger partial charge in [-0.25, -0.2) is 4.98 Å². The van der Waals surface area contributed by atoms with Crippen LogP contribution in [-0.2, 0) is 11.3 Å². The third kappa shape index (κ3) is 6.78. The molecule has 0 unspecified atom stereocenters. The van der Waals surface area contributed by atoms with Gasteiger partial charge in [0.2, 0.25) is 5.91 Å². The van der Waals surface area contributed by atoms with Gasteiger partial charge in [0, 0.05) is 19.6 Å². The van der Waals surface area contributed by atoms with Crippen LogP contribution in [0.2, 0.25) is 5.02 Å². The summed E-state index contributed by atoms with van der Waals surface area (Å²) in [5, 5.41) is 6.72. The highest BCUT2D eigenvalue weighted by Gasteiger charge is 2.10. The molecule has 0 fully saturated rings. The Balaban J connectivity index is 2.57. The average molecular weight is 313 g/mol. The molecule has 0 radical (unpaired) electrons. The van der Waals surface area contributed by atoms with Crippen LogP contribution in [0.3, 0.4) is 0 Å². The maximum atomic E-state index is 11.7. The summed E-state index contributed by atoms with van der Waals surface area (Å²) in [6.45, 7) is 6.60. The number of hydrogen-bond acceptors (Lipinski definition) is 4. The van der Waals surface area contributed by atoms with E-state index in [0.717, 1.165) is 30.9 Å². The Morgan fingerprint density at radius 2 is 2.00 bits per heavy atom. The van der Waals surface area contributed by atoms with E-state index in [0.29, 0.717) is 24.7 Å². The first kappa shape index (κ1) is 17.7. The number of aromatic nitrogens is 1. The predicted octanol–water partition coefficient (Wildman–Crippen LogP) is 2.51. The molecule has 6 heteroatoms. The van der Waals surface area contributed by atoms with Crippen LogP contribution in [0.5, 0.6) is 0 Å². The molecule has 1 amide bonds. The van der Waals surface area contributed by atoms with Crippen molar-refractivity contribution in [2.24, 2.45) is 0 Å². The van der Waals surface area contributed by atoms with Crippen molar-refractivity contribution in [1.82, 2.24) is 15.2 Å². The standard InChI is InChI=1S/C15H25ClN4O/c1-4-8-17-14-7-6-12(16)13(19-14)10-20(3)11-15(21)18-9-5-2/h6-7H,4-5,8-11H2,1-3H3,(H,17,19)(H,18,21). The number of carbonyl (C=O) groups is 1. The lowest BCUT2D eigenvalue weighted by atomic mass is 10.3. The van der Waals surface area contributed by atoms with Crippen LogP contribution in [-0.4, -0.2) is 42.5 Å². The van der Waals surface area contributed by atoms with E-state index in [9.17, 15) is 4.79 Å². The lowest BCUT2D eigenvalue weighted by Gasteiger charge is -2.17. The van der Waals surface area contributed by atoms with Crippen molar-refractivity contribution in [2.75, 3.05) is 32.0 Å². The van der Waals surface area contributed by atoms with Gasteiger partial charge in [-0.1, -0.05) is 25.4 Å². The van der Waals surface area contributed by atoms with Crippen molar-refractivity contribution in [2.45, 2.75) is 33.2 Å². The van der Waals surface area contributed by atoms with Crippen LogP contribution in [0.1, 0.15) is 32.4 Å². The van der Waals surface area contributed by atoms with Gasteiger partial charge in [-0.3, -0.25) is 9.69 Å². The normalized spacial score (nSPS) is 10.7. The smallest absolute Gasteiger partial charge is 0.234 e. The van der Waals surface area contributed by atoms with Crippen LogP contribution in [0.15, 0.2) is 12.1 Å². The fourth-order valence-corrected chi connectivity index (χ4v) is 1.99. The van der Waals surface area contributed by atoms with Crippen LogP contribution in [0.4, 0.5) is 5.82 Å². The van der Waals surface area contributed by atoms with Gasteiger partial charge >= 0.3 is 0 Å². The zero-order chi connectivity index (χ0) is 15.7. The summed E-state index contributed by atoms with van der Waals surface area (Å²) in [6, 6.07) is 3.71. The first-order valence-corrected chi connectivity index (χ1v) is 7.79. The van der Waals surface area contributed by atoms with Gasteiger partial charge < -0.3 is 10.6 Å². The highest BCUT2D eigenvalue weighted by molar-refractivity contribution is 6.31. The number of nitrogens with zero attached hydrogens (tertiary/aromatic N) is 2. The van der Waals surface area contributed by atoms with Crippen molar-refractivity contribution < 1.29 is 4.79 Å². The summed E-state index contributed by atoms with van der Waals surface area (Å²) in [5.74, 6) is 0.843. The Kier molecular flexibility index (Phi) is 8.08. The Morgan fingerprint density at radius 1 is 1.29 bits per heavy atom. The van der Waals surface area contributed by atoms with Gasteiger partial charge in [-0.2, -0.15) is 0 Å². The molecule has 21 heavy (non-hydrogen) atoms. The second-order valence-electron chi connectivity index (χ2n) is 5.07. The van der Waals surface area contributed by atoms with Crippen LogP contribution in [0.25, 0.3) is 0 Å². The number of rotatable bonds is 9. The summed E-state index contributed by atoms with van der Waals surface area (Å²) >= 11 is 6.18. The largest absolute Gasteiger partial charge is 0.370 e. The molecule has 1 aromatic heterocycles. The fourth-order valence-electron chi connectivity index (χ4n) is 1.82. The molecule has 1 rings (SSSR count). The van der Waals surface area contributed by atoms with E-state index in [2.05, 4.69) is 22.5 Å². The molecule has 0 aliphatic rings. The molecule has 0 bridgehead atoms. The Morgan fingerprint density at radius 3 is 2.67 bits per heavy atom. The van der Waals surface area contributed by atoms with Crippen LogP contribution < -0.4 is 10.6 Å². The van der Waals surface area contributed by atoms with Gasteiger partial charge in [0.15, 0.2) is 0 Å². The molecule has 0 saturated heterocycles. The Hall–Kier alpha value is -1.33. The summed E-state index contributed by atoms with van der Waals surface area (Å²) in [4.78, 5) is 18.1. The van der Waals surface area contributed by atoms with Crippen molar-refractivity contribution in [1.29, 1.82) is 0 Å². The zero-order valence-electron chi connectivity index (χ0n) is 13.1. The Labute approximate surface area is 132 Å². The van der Waals surface area contributed by atoms with E-state index in [-0.39, 0.29) is 5.91 Å². The first-order valence-electron chi connectivity index (χ1n) is 7.41. The monoisotopic (exact) mass is 312 g/mol. The number of pyridine rings is 1. The van der Waals surface area contributed by atoms with E-state index in [1.54, 1.807) is 0 Å². The third-order valence-electron chi connectivity index (χ3n) is 2.88. The van der Waals surface area contributed by atoms with E-state index < -0.39 is 0 Å². The maximum absolute atomic E-state index is 11.7. The van der Waals surface area contributed by atoms with E-state index in [1.165, 1.54) is 0 Å². The highest BCUT2D eigenvalue weighted by Crippen LogP contribution is 2.18. The summed E-state index contributed by atoms with van der Waals surface area (Å²) in [5.41, 5.74) is 0.781. The molecule has 0 spiro atoms. The number of hydrogen-bond donors (Lipinski definition) is 2. The van der Waals surface area contributed by atoms with Gasteiger partial charge in [-0.05, 0) is 32.0 Å². The van der Waals surface area contributed by atoms with Gasteiger partial charge in [-0.15, -0.1) is 0 Å². The summed E-state index contributed by atoms with van der Waals surface area (Å²) < 4.78 is 0. The number of halogens is 1. The molecule has 0 aromatic carbocycles.